The molecule has 13 heteroatoms. The SMILES string of the molecule is CC(=O)O[C@H]1[C@@H]2[C@H]([C@H](C)O[C@@]3(C)OC(=O)[C@@](C)(O)[C@]23C)[C@]2(C)[C@@H]1C1C([C@H](OC(C)=O)[C@@H]2OC(C)=O)[C@]2(C)[C@H](C[C@@H](O)[C@H](C)[C@@H]2O)C[C@@H]1O. The standard InChI is InChI=1S/C35H52O13/c1-13-19(39)11-18-12-20(40)21-23-26(44-15(3)36)25-22(14(2)47-35(10)33(25,8)34(9,43)30(42)48-35)32(23,7)29(46-17(5)38)27(45-16(4)37)24(21)31(18,6)28(13)41/h13-14,18-29,39-41,43H,11-12H2,1-10H3/t13-,14-,18+,19+,20-,21?,22-,23+,24?,25-,26+,27-,28-,29-,31-,32+,33-,34+,35-/m0/s1. The van der Waals surface area contributed by atoms with Gasteiger partial charge in [-0.1, -0.05) is 20.8 Å². The highest BCUT2D eigenvalue weighted by Gasteiger charge is 2.85. The molecule has 4 N–H and O–H groups in total. The van der Waals surface area contributed by atoms with Gasteiger partial charge < -0.3 is 44.1 Å². The van der Waals surface area contributed by atoms with Gasteiger partial charge in [0.1, 0.15) is 18.3 Å². The Balaban J connectivity index is 1.67. The van der Waals surface area contributed by atoms with Crippen molar-refractivity contribution < 1.29 is 63.3 Å². The Bertz CT molecular complexity index is 1400. The number of aliphatic hydroxyl groups excluding tert-OH is 3. The number of rotatable bonds is 3. The minimum atomic E-state index is -2.12. The van der Waals surface area contributed by atoms with Gasteiger partial charge in [-0.25, -0.2) is 4.79 Å². The first-order valence-corrected chi connectivity index (χ1v) is 17.2. The lowest BCUT2D eigenvalue weighted by atomic mass is 9.40. The average Bonchev–Trinajstić information content (AvgIpc) is 3.29. The molecule has 6 rings (SSSR count). The fourth-order valence-corrected chi connectivity index (χ4v) is 12.4. The number of esters is 4. The number of ether oxygens (including phenoxy) is 5. The Labute approximate surface area is 281 Å². The van der Waals surface area contributed by atoms with Gasteiger partial charge >= 0.3 is 23.9 Å². The monoisotopic (exact) mass is 680 g/mol. The van der Waals surface area contributed by atoms with Gasteiger partial charge in [-0.3, -0.25) is 14.4 Å². The maximum atomic E-state index is 13.4. The molecule has 2 aliphatic heterocycles. The molecular weight excluding hydrogens is 628 g/mol. The Morgan fingerprint density at radius 3 is 1.83 bits per heavy atom. The van der Waals surface area contributed by atoms with Crippen molar-refractivity contribution in [2.24, 2.45) is 57.7 Å². The summed E-state index contributed by atoms with van der Waals surface area (Å²) in [6, 6.07) is 0. The van der Waals surface area contributed by atoms with Crippen LogP contribution < -0.4 is 0 Å². The second kappa shape index (κ2) is 10.8. The fraction of sp³-hybridized carbons (Fsp3) is 0.886. The van der Waals surface area contributed by atoms with E-state index in [1.165, 1.54) is 27.7 Å². The maximum Gasteiger partial charge on any atom is 0.341 e. The molecule has 6 fully saturated rings. The predicted octanol–water partition coefficient (Wildman–Crippen LogP) is 1.49. The van der Waals surface area contributed by atoms with Crippen LogP contribution >= 0.6 is 0 Å². The first kappa shape index (κ1) is 35.5. The van der Waals surface area contributed by atoms with Crippen LogP contribution in [0.1, 0.15) is 82.1 Å². The summed E-state index contributed by atoms with van der Waals surface area (Å²) in [5.41, 5.74) is -5.96. The van der Waals surface area contributed by atoms with Gasteiger partial charge in [0.15, 0.2) is 5.60 Å². The smallest absolute Gasteiger partial charge is 0.341 e. The summed E-state index contributed by atoms with van der Waals surface area (Å²) in [4.78, 5) is 52.5. The molecule has 2 saturated heterocycles. The van der Waals surface area contributed by atoms with Crippen molar-refractivity contribution in [3.63, 3.8) is 0 Å². The van der Waals surface area contributed by atoms with E-state index in [-0.39, 0.29) is 12.8 Å². The molecule has 0 bridgehead atoms. The quantitative estimate of drug-likeness (QED) is 0.248. The molecule has 19 atom stereocenters. The van der Waals surface area contributed by atoms with Gasteiger partial charge in [-0.05, 0) is 45.4 Å². The molecule has 4 saturated carbocycles. The van der Waals surface area contributed by atoms with E-state index in [0.717, 1.165) is 0 Å². The van der Waals surface area contributed by atoms with Crippen molar-refractivity contribution in [2.75, 3.05) is 0 Å². The molecule has 4 aliphatic carbocycles. The summed E-state index contributed by atoms with van der Waals surface area (Å²) in [6.07, 6.45) is -6.74. The van der Waals surface area contributed by atoms with Crippen LogP contribution in [-0.4, -0.2) is 98.4 Å². The summed E-state index contributed by atoms with van der Waals surface area (Å²) >= 11 is 0. The summed E-state index contributed by atoms with van der Waals surface area (Å²) in [5.74, 6) is -9.50. The van der Waals surface area contributed by atoms with E-state index >= 15 is 0 Å². The van der Waals surface area contributed by atoms with Crippen LogP contribution in [0.4, 0.5) is 0 Å². The lowest BCUT2D eigenvalue weighted by molar-refractivity contribution is -0.341. The number of carbonyl (C=O) groups is 4. The molecule has 0 aromatic heterocycles. The van der Waals surface area contributed by atoms with Crippen LogP contribution in [0.2, 0.25) is 0 Å². The van der Waals surface area contributed by atoms with Crippen molar-refractivity contribution in [3.8, 4) is 0 Å². The second-order valence-corrected chi connectivity index (χ2v) is 16.6. The van der Waals surface area contributed by atoms with Crippen LogP contribution in [0, 0.1) is 57.7 Å². The third-order valence-electron chi connectivity index (χ3n) is 14.6. The van der Waals surface area contributed by atoms with Gasteiger partial charge in [-0.15, -0.1) is 0 Å². The molecule has 48 heavy (non-hydrogen) atoms. The molecule has 0 aromatic rings. The Morgan fingerprint density at radius 2 is 1.27 bits per heavy atom. The van der Waals surface area contributed by atoms with E-state index in [2.05, 4.69) is 0 Å². The topological polar surface area (TPSA) is 195 Å². The van der Waals surface area contributed by atoms with Crippen LogP contribution in [0.25, 0.3) is 0 Å². The van der Waals surface area contributed by atoms with Crippen LogP contribution in [0.3, 0.4) is 0 Å². The van der Waals surface area contributed by atoms with E-state index < -0.39 is 136 Å². The molecule has 0 aromatic carbocycles. The second-order valence-electron chi connectivity index (χ2n) is 16.6. The van der Waals surface area contributed by atoms with E-state index in [4.69, 9.17) is 23.7 Å². The molecule has 270 valence electrons. The third-order valence-corrected chi connectivity index (χ3v) is 14.6. The van der Waals surface area contributed by atoms with Crippen LogP contribution in [0.15, 0.2) is 0 Å². The predicted molar refractivity (Wildman–Crippen MR) is 164 cm³/mol. The summed E-state index contributed by atoms with van der Waals surface area (Å²) in [5, 5.41) is 47.2. The lowest BCUT2D eigenvalue weighted by Gasteiger charge is -2.67. The number of carbonyl (C=O) groups excluding carboxylic acids is 4. The average molecular weight is 681 g/mol. The zero-order valence-electron chi connectivity index (χ0n) is 29.5. The van der Waals surface area contributed by atoms with Gasteiger partial charge in [0.25, 0.3) is 0 Å². The first-order valence-electron chi connectivity index (χ1n) is 17.2. The first-order chi connectivity index (χ1) is 22.0. The van der Waals surface area contributed by atoms with Crippen molar-refractivity contribution in [2.45, 2.75) is 136 Å². The lowest BCUT2D eigenvalue weighted by Crippen LogP contribution is -2.73. The summed E-state index contributed by atoms with van der Waals surface area (Å²) in [7, 11) is 0. The minimum Gasteiger partial charge on any atom is -0.462 e. The van der Waals surface area contributed by atoms with Crippen LogP contribution in [0.5, 0.6) is 0 Å². The number of fused-ring (bicyclic) bond motifs is 9. The van der Waals surface area contributed by atoms with Gasteiger partial charge in [0.2, 0.25) is 5.79 Å². The van der Waals surface area contributed by atoms with Gasteiger partial charge in [-0.2, -0.15) is 0 Å². The Hall–Kier alpha value is -2.32. The van der Waals surface area contributed by atoms with E-state index in [9.17, 15) is 39.6 Å². The fourth-order valence-electron chi connectivity index (χ4n) is 12.4. The Morgan fingerprint density at radius 1 is 0.750 bits per heavy atom. The highest BCUT2D eigenvalue weighted by atomic mass is 16.7. The normalized spacial score (nSPS) is 56.8. The number of aliphatic hydroxyl groups is 4. The van der Waals surface area contributed by atoms with E-state index in [1.54, 1.807) is 27.7 Å². The van der Waals surface area contributed by atoms with Crippen molar-refractivity contribution in [3.05, 3.63) is 0 Å². The summed E-state index contributed by atoms with van der Waals surface area (Å²) < 4.78 is 31.0. The van der Waals surface area contributed by atoms with Crippen molar-refractivity contribution >= 4 is 23.9 Å². The Kier molecular flexibility index (Phi) is 8.02. The van der Waals surface area contributed by atoms with E-state index in [0.29, 0.717) is 0 Å². The minimum absolute atomic E-state index is 0.193. The number of hydrogen-bond donors (Lipinski definition) is 4. The maximum absolute atomic E-state index is 13.4. The third kappa shape index (κ3) is 4.20. The van der Waals surface area contributed by atoms with Crippen molar-refractivity contribution in [1.82, 2.24) is 0 Å². The molecular formula is C35H52O13. The highest BCUT2D eigenvalue weighted by molar-refractivity contribution is 5.83. The zero-order chi connectivity index (χ0) is 35.8. The molecule has 13 nitrogen and oxygen atoms in total. The molecule has 0 amide bonds. The molecule has 2 heterocycles. The molecule has 0 radical (unpaired) electrons. The molecule has 0 spiro atoms. The van der Waals surface area contributed by atoms with Gasteiger partial charge in [0, 0.05) is 68.1 Å². The van der Waals surface area contributed by atoms with Crippen molar-refractivity contribution in [1.29, 1.82) is 0 Å². The summed E-state index contributed by atoms with van der Waals surface area (Å²) in [6.45, 7) is 15.6. The largest absolute Gasteiger partial charge is 0.462 e. The molecule has 2 unspecified atom stereocenters. The molecule has 6 aliphatic rings. The van der Waals surface area contributed by atoms with Gasteiger partial charge in [0.05, 0.1) is 29.8 Å². The number of hydrogen-bond acceptors (Lipinski definition) is 13. The highest BCUT2D eigenvalue weighted by Crippen LogP contribution is 2.76. The van der Waals surface area contributed by atoms with Crippen LogP contribution in [-0.2, 0) is 42.9 Å². The van der Waals surface area contributed by atoms with E-state index in [1.807, 2.05) is 13.8 Å². The zero-order valence-corrected chi connectivity index (χ0v) is 29.5.